The number of carbonyl (C=O) groups is 2. The molecule has 0 heterocycles. The van der Waals surface area contributed by atoms with Crippen LogP contribution in [0.2, 0.25) is 5.02 Å². The van der Waals surface area contributed by atoms with E-state index in [0.29, 0.717) is 23.9 Å². The Hall–Kier alpha value is -2.33. The number of carbonyl (C=O) groups excluding carboxylic acids is 2. The van der Waals surface area contributed by atoms with Crippen LogP contribution < -0.4 is 5.32 Å². The minimum atomic E-state index is -0.183. The molecule has 1 N–H and O–H groups in total. The van der Waals surface area contributed by atoms with E-state index < -0.39 is 0 Å². The molecule has 2 aromatic carbocycles. The van der Waals surface area contributed by atoms with Gasteiger partial charge in [-0.05, 0) is 48.1 Å². The quantitative estimate of drug-likeness (QED) is 0.742. The molecule has 4 nitrogen and oxygen atoms in total. The smallest absolute Gasteiger partial charge is 0.244 e. The molecule has 0 aliphatic heterocycles. The number of nitrogens with zero attached hydrogens (tertiary/aromatic N) is 1. The number of halogens is 1. The monoisotopic (exact) mass is 386 g/mol. The number of amides is 2. The summed E-state index contributed by atoms with van der Waals surface area (Å²) < 4.78 is 0. The Morgan fingerprint density at radius 1 is 1.11 bits per heavy atom. The van der Waals surface area contributed by atoms with E-state index in [9.17, 15) is 9.59 Å². The molecule has 0 saturated carbocycles. The summed E-state index contributed by atoms with van der Waals surface area (Å²) in [5.41, 5.74) is 4.04. The minimum absolute atomic E-state index is 0.0365. The Morgan fingerprint density at radius 2 is 1.78 bits per heavy atom. The standard InChI is InChI=1S/C22H27ClN2O2/c1-15(2)20-7-5-6-16(3)22(20)24-21(27)14-25(17(4)26)13-12-18-8-10-19(23)11-9-18/h5-11,15H,12-14H2,1-4H3,(H,24,27). The highest BCUT2D eigenvalue weighted by molar-refractivity contribution is 6.30. The predicted octanol–water partition coefficient (Wildman–Crippen LogP) is 4.80. The Balaban J connectivity index is 2.03. The van der Waals surface area contributed by atoms with Crippen LogP contribution in [-0.4, -0.2) is 29.8 Å². The van der Waals surface area contributed by atoms with Gasteiger partial charge >= 0.3 is 0 Å². The van der Waals surface area contributed by atoms with Crippen molar-refractivity contribution in [3.63, 3.8) is 0 Å². The van der Waals surface area contributed by atoms with Gasteiger partial charge in [0.1, 0.15) is 0 Å². The van der Waals surface area contributed by atoms with E-state index in [1.807, 2.05) is 49.4 Å². The van der Waals surface area contributed by atoms with Gasteiger partial charge in [0.15, 0.2) is 0 Å². The maximum Gasteiger partial charge on any atom is 0.244 e. The van der Waals surface area contributed by atoms with Crippen molar-refractivity contribution in [2.45, 2.75) is 40.0 Å². The Bertz CT molecular complexity index is 800. The molecule has 0 atom stereocenters. The molecular weight excluding hydrogens is 360 g/mol. The Kier molecular flexibility index (Phi) is 7.43. The number of rotatable bonds is 7. The molecule has 0 spiro atoms. The molecule has 27 heavy (non-hydrogen) atoms. The summed E-state index contributed by atoms with van der Waals surface area (Å²) in [4.78, 5) is 26.1. The molecule has 2 rings (SSSR count). The van der Waals surface area contributed by atoms with Crippen molar-refractivity contribution < 1.29 is 9.59 Å². The summed E-state index contributed by atoms with van der Waals surface area (Å²) in [6.45, 7) is 8.17. The summed E-state index contributed by atoms with van der Waals surface area (Å²) in [7, 11) is 0. The maximum atomic E-state index is 12.6. The first-order valence-electron chi connectivity index (χ1n) is 9.17. The number of aryl methyl sites for hydroxylation is 1. The highest BCUT2D eigenvalue weighted by Crippen LogP contribution is 2.27. The molecule has 0 radical (unpaired) electrons. The van der Waals surface area contributed by atoms with Crippen LogP contribution in [0, 0.1) is 6.92 Å². The van der Waals surface area contributed by atoms with Gasteiger partial charge in [0.25, 0.3) is 0 Å². The zero-order valence-electron chi connectivity index (χ0n) is 16.4. The van der Waals surface area contributed by atoms with Crippen LogP contribution in [0.25, 0.3) is 0 Å². The van der Waals surface area contributed by atoms with Crippen LogP contribution in [0.1, 0.15) is 43.4 Å². The number of hydrogen-bond donors (Lipinski definition) is 1. The first kappa shape index (κ1) is 21.0. The Morgan fingerprint density at radius 3 is 2.37 bits per heavy atom. The van der Waals surface area contributed by atoms with Gasteiger partial charge in [0, 0.05) is 24.2 Å². The van der Waals surface area contributed by atoms with Crippen LogP contribution in [0.15, 0.2) is 42.5 Å². The lowest BCUT2D eigenvalue weighted by Crippen LogP contribution is -2.38. The van der Waals surface area contributed by atoms with Crippen molar-refractivity contribution in [3.8, 4) is 0 Å². The van der Waals surface area contributed by atoms with Gasteiger partial charge in [0.05, 0.1) is 6.54 Å². The summed E-state index contributed by atoms with van der Waals surface area (Å²) in [6, 6.07) is 13.5. The lowest BCUT2D eigenvalue weighted by atomic mass is 9.98. The molecule has 0 aliphatic carbocycles. The van der Waals surface area contributed by atoms with E-state index in [4.69, 9.17) is 11.6 Å². The largest absolute Gasteiger partial charge is 0.333 e. The second-order valence-electron chi connectivity index (χ2n) is 7.06. The molecule has 2 aromatic rings. The van der Waals surface area contributed by atoms with Crippen molar-refractivity contribution in [2.75, 3.05) is 18.4 Å². The van der Waals surface area contributed by atoms with Crippen LogP contribution in [0.4, 0.5) is 5.69 Å². The second-order valence-corrected chi connectivity index (χ2v) is 7.50. The van der Waals surface area contributed by atoms with E-state index in [1.165, 1.54) is 6.92 Å². The first-order valence-corrected chi connectivity index (χ1v) is 9.55. The zero-order valence-corrected chi connectivity index (χ0v) is 17.1. The predicted molar refractivity (Wildman–Crippen MR) is 111 cm³/mol. The zero-order chi connectivity index (χ0) is 20.0. The molecule has 0 fully saturated rings. The third-order valence-electron chi connectivity index (χ3n) is 4.55. The summed E-state index contributed by atoms with van der Waals surface area (Å²) >= 11 is 5.90. The van der Waals surface area contributed by atoms with Gasteiger partial charge in [-0.1, -0.05) is 55.8 Å². The van der Waals surface area contributed by atoms with Crippen molar-refractivity contribution in [3.05, 3.63) is 64.2 Å². The third kappa shape index (κ3) is 6.10. The maximum absolute atomic E-state index is 12.6. The fourth-order valence-electron chi connectivity index (χ4n) is 2.96. The van der Waals surface area contributed by atoms with Crippen molar-refractivity contribution >= 4 is 29.1 Å². The summed E-state index contributed by atoms with van der Waals surface area (Å²) in [5.74, 6) is -0.000462. The fraction of sp³-hybridized carbons (Fsp3) is 0.364. The topological polar surface area (TPSA) is 49.4 Å². The van der Waals surface area contributed by atoms with E-state index in [0.717, 1.165) is 22.4 Å². The van der Waals surface area contributed by atoms with E-state index in [-0.39, 0.29) is 18.4 Å². The lowest BCUT2D eigenvalue weighted by molar-refractivity contribution is -0.132. The van der Waals surface area contributed by atoms with Gasteiger partial charge in [-0.15, -0.1) is 0 Å². The highest BCUT2D eigenvalue weighted by atomic mass is 35.5. The summed E-state index contributed by atoms with van der Waals surface area (Å²) in [6.07, 6.45) is 0.672. The van der Waals surface area contributed by atoms with Gasteiger partial charge in [0.2, 0.25) is 11.8 Å². The molecule has 5 heteroatoms. The Labute approximate surface area is 166 Å². The van der Waals surface area contributed by atoms with Crippen molar-refractivity contribution in [1.82, 2.24) is 4.90 Å². The molecule has 0 bridgehead atoms. The molecule has 0 aromatic heterocycles. The summed E-state index contributed by atoms with van der Waals surface area (Å²) in [5, 5.41) is 3.68. The van der Waals surface area contributed by atoms with E-state index in [1.54, 1.807) is 4.90 Å². The average Bonchev–Trinajstić information content (AvgIpc) is 2.61. The SMILES string of the molecule is CC(=O)N(CCc1ccc(Cl)cc1)CC(=O)Nc1c(C)cccc1C(C)C. The van der Waals surface area contributed by atoms with Gasteiger partial charge in [-0.25, -0.2) is 0 Å². The molecular formula is C22H27ClN2O2. The number of benzene rings is 2. The number of nitrogens with one attached hydrogen (secondary N) is 1. The number of para-hydroxylation sites is 1. The van der Waals surface area contributed by atoms with Crippen LogP contribution in [0.5, 0.6) is 0 Å². The molecule has 144 valence electrons. The first-order chi connectivity index (χ1) is 12.8. The number of anilines is 1. The third-order valence-corrected chi connectivity index (χ3v) is 4.81. The molecule has 0 unspecified atom stereocenters. The van der Waals surface area contributed by atoms with Crippen molar-refractivity contribution in [2.24, 2.45) is 0 Å². The van der Waals surface area contributed by atoms with E-state index >= 15 is 0 Å². The lowest BCUT2D eigenvalue weighted by Gasteiger charge is -2.22. The fourth-order valence-corrected chi connectivity index (χ4v) is 3.08. The van der Waals surface area contributed by atoms with Crippen LogP contribution in [0.3, 0.4) is 0 Å². The average molecular weight is 387 g/mol. The van der Waals surface area contributed by atoms with Gasteiger partial charge in [-0.2, -0.15) is 0 Å². The molecule has 0 aliphatic rings. The molecule has 0 saturated heterocycles. The van der Waals surface area contributed by atoms with Crippen LogP contribution >= 0.6 is 11.6 Å². The normalized spacial score (nSPS) is 10.7. The van der Waals surface area contributed by atoms with Gasteiger partial charge in [-0.3, -0.25) is 9.59 Å². The highest BCUT2D eigenvalue weighted by Gasteiger charge is 2.16. The second kappa shape index (κ2) is 9.56. The number of hydrogen-bond acceptors (Lipinski definition) is 2. The van der Waals surface area contributed by atoms with Gasteiger partial charge < -0.3 is 10.2 Å². The van der Waals surface area contributed by atoms with Crippen LogP contribution in [-0.2, 0) is 16.0 Å². The van der Waals surface area contributed by atoms with Crippen molar-refractivity contribution in [1.29, 1.82) is 0 Å². The molecule has 2 amide bonds. The van der Waals surface area contributed by atoms with E-state index in [2.05, 4.69) is 19.2 Å². The minimum Gasteiger partial charge on any atom is -0.333 e.